The van der Waals surface area contributed by atoms with Crippen LogP contribution in [-0.2, 0) is 39.8 Å². The zero-order chi connectivity index (χ0) is 36.5. The number of ether oxygens (including phenoxy) is 4. The Morgan fingerprint density at radius 3 is 2.49 bits per heavy atom. The minimum Gasteiger partial charge on any atom is -0.469 e. The first kappa shape index (κ1) is 35.1. The number of fused-ring (bicyclic) bond motifs is 1. The summed E-state index contributed by atoms with van der Waals surface area (Å²) in [5.41, 5.74) is -3.76. The highest BCUT2D eigenvalue weighted by Gasteiger charge is 2.92. The van der Waals surface area contributed by atoms with Gasteiger partial charge in [-0.15, -0.1) is 0 Å². The number of carbonyl (C=O) groups excluding carboxylic acids is 3. The van der Waals surface area contributed by atoms with Crippen molar-refractivity contribution in [3.8, 4) is 0 Å². The summed E-state index contributed by atoms with van der Waals surface area (Å²) in [7, 11) is 0. The van der Waals surface area contributed by atoms with Crippen molar-refractivity contribution >= 4 is 17.7 Å². The summed E-state index contributed by atoms with van der Waals surface area (Å²) in [5, 5.41) is 20.0. The van der Waals surface area contributed by atoms with Crippen molar-refractivity contribution in [1.82, 2.24) is 10.6 Å². The molecule has 0 bridgehead atoms. The Morgan fingerprint density at radius 2 is 1.74 bits per heavy atom. The van der Waals surface area contributed by atoms with E-state index in [0.717, 1.165) is 75.4 Å². The fraction of sp³-hybridized carbons (Fsp3) is 0.833. The van der Waals surface area contributed by atoms with E-state index in [4.69, 9.17) is 23.4 Å². The molecule has 11 nitrogen and oxygen atoms in total. The first-order chi connectivity index (χ1) is 25.5. The lowest BCUT2D eigenvalue weighted by Crippen LogP contribution is -2.79. The van der Waals surface area contributed by atoms with Crippen molar-refractivity contribution in [3.63, 3.8) is 0 Å². The van der Waals surface area contributed by atoms with Crippen LogP contribution in [-0.4, -0.2) is 78.2 Å². The van der Waals surface area contributed by atoms with E-state index in [0.29, 0.717) is 24.8 Å². The van der Waals surface area contributed by atoms with Gasteiger partial charge in [-0.25, -0.2) is 4.79 Å². The van der Waals surface area contributed by atoms with Crippen molar-refractivity contribution in [1.29, 1.82) is 0 Å². The summed E-state index contributed by atoms with van der Waals surface area (Å²) in [6.07, 6.45) is 11.2. The monoisotopic (exact) mass is 734 g/mol. The van der Waals surface area contributed by atoms with Gasteiger partial charge in [-0.1, -0.05) is 39.0 Å². The molecule has 4 aliphatic carbocycles. The van der Waals surface area contributed by atoms with E-state index in [-0.39, 0.29) is 36.6 Å². The zero-order valence-electron chi connectivity index (χ0n) is 31.7. The molecule has 5 saturated heterocycles. The molecule has 9 aliphatic rings. The number of aliphatic hydroxyl groups excluding tert-OH is 1. The largest absolute Gasteiger partial charge is 0.469 e. The minimum atomic E-state index is -1.35. The molecule has 0 radical (unpaired) electrons. The number of aliphatic hydroxyl groups is 1. The van der Waals surface area contributed by atoms with Gasteiger partial charge < -0.3 is 39.1 Å². The number of aryl methyl sites for hydroxylation is 1. The highest BCUT2D eigenvalue weighted by Crippen LogP contribution is 2.82. The minimum absolute atomic E-state index is 0.0529. The van der Waals surface area contributed by atoms with Crippen molar-refractivity contribution in [2.24, 2.45) is 45.8 Å². The van der Waals surface area contributed by atoms with Crippen LogP contribution in [0.4, 0.5) is 0 Å². The fourth-order valence-electron chi connectivity index (χ4n) is 14.9. The molecule has 4 saturated carbocycles. The lowest BCUT2D eigenvalue weighted by molar-refractivity contribution is -0.275. The second-order valence-corrected chi connectivity index (χ2v) is 19.3. The Kier molecular flexibility index (Phi) is 8.02. The van der Waals surface area contributed by atoms with Crippen LogP contribution in [0.3, 0.4) is 0 Å². The van der Waals surface area contributed by atoms with E-state index in [9.17, 15) is 14.7 Å². The Bertz CT molecular complexity index is 1660. The maximum Gasteiger partial charge on any atom is 0.339 e. The predicted octanol–water partition coefficient (Wildman–Crippen LogP) is 4.93. The predicted molar refractivity (Wildman–Crippen MR) is 190 cm³/mol. The van der Waals surface area contributed by atoms with Gasteiger partial charge in [0.05, 0.1) is 30.3 Å². The number of ketones is 1. The van der Waals surface area contributed by atoms with Crippen molar-refractivity contribution in [2.45, 2.75) is 152 Å². The van der Waals surface area contributed by atoms with Crippen LogP contribution in [0, 0.1) is 45.8 Å². The molecule has 53 heavy (non-hydrogen) atoms. The van der Waals surface area contributed by atoms with Gasteiger partial charge in [0, 0.05) is 47.5 Å². The van der Waals surface area contributed by atoms with Gasteiger partial charge in [-0.3, -0.25) is 9.59 Å². The smallest absolute Gasteiger partial charge is 0.339 e. The molecular formula is C42H58N2O9. The first-order valence-electron chi connectivity index (χ1n) is 20.9. The lowest BCUT2D eigenvalue weighted by atomic mass is 9.33. The molecule has 11 heteroatoms. The summed E-state index contributed by atoms with van der Waals surface area (Å²) in [6.45, 7) is 8.08. The molecule has 9 fully saturated rings. The number of furan rings is 1. The van der Waals surface area contributed by atoms with Crippen LogP contribution in [0.2, 0.25) is 0 Å². The van der Waals surface area contributed by atoms with Crippen molar-refractivity contribution < 1.29 is 42.9 Å². The maximum absolute atomic E-state index is 15.1. The van der Waals surface area contributed by atoms with Gasteiger partial charge in [0.1, 0.15) is 30.2 Å². The Hall–Kier alpha value is -2.31. The average molecular weight is 735 g/mol. The zero-order valence-corrected chi connectivity index (χ0v) is 31.7. The van der Waals surface area contributed by atoms with Gasteiger partial charge in [-0.2, -0.15) is 0 Å². The summed E-state index contributed by atoms with van der Waals surface area (Å²) in [6, 6.07) is 2.56. The Balaban J connectivity index is 1.02. The van der Waals surface area contributed by atoms with E-state index in [1.54, 1.807) is 6.26 Å². The lowest BCUT2D eigenvalue weighted by Gasteiger charge is -2.70. The van der Waals surface area contributed by atoms with E-state index >= 15 is 4.79 Å². The second kappa shape index (κ2) is 12.1. The number of Topliss-reactive ketones (excluding diaryl/α,β-unsaturated/α-hetero) is 1. The molecule has 1 aromatic heterocycles. The molecule has 0 aromatic carbocycles. The first-order valence-corrected chi connectivity index (χ1v) is 20.9. The SMILES string of the molecule is CC1(C)OC2CC(=O)OCC23C1C(=O)C(O)C1(C2CCCCC2)C3CCC2(C)C(c3ccoc3CCC3CCC(C4CNCN4)CC3)OC(=O)C3OC321. The molecule has 0 amide bonds. The summed E-state index contributed by atoms with van der Waals surface area (Å²) in [5.74, 6) is 0.279. The van der Waals surface area contributed by atoms with Crippen LogP contribution >= 0.6 is 0 Å². The van der Waals surface area contributed by atoms with Gasteiger partial charge in [0.15, 0.2) is 11.9 Å². The van der Waals surface area contributed by atoms with Crippen LogP contribution in [0.25, 0.3) is 0 Å². The van der Waals surface area contributed by atoms with Crippen LogP contribution in [0.1, 0.15) is 122 Å². The molecule has 10 rings (SSSR count). The molecule has 2 spiro atoms. The summed E-state index contributed by atoms with van der Waals surface area (Å²) in [4.78, 5) is 42.3. The normalized spacial score (nSPS) is 48.8. The van der Waals surface area contributed by atoms with Crippen LogP contribution < -0.4 is 10.6 Å². The van der Waals surface area contributed by atoms with E-state index < -0.39 is 63.8 Å². The molecule has 3 N–H and O–H groups in total. The standard InChI is InChI=1S/C42H58N2O9/c1-38(2)33-32(46)34(47)41(25-7-5-4-6-8-25)29(40(33)21-50-31(45)19-30(40)52-38)15-17-39(3)35(51-37(48)36-42(39,41)53-36)26-16-18-49-28(26)14-11-23-9-12-24(13-10-23)27-20-43-22-44-27/h16,18,23-25,27,29-30,33-36,43-44,47H,4-15,17,19-22H2,1-3H3. The van der Waals surface area contributed by atoms with E-state index in [1.165, 1.54) is 25.7 Å². The number of nitrogens with one attached hydrogen (secondary N) is 2. The number of rotatable bonds is 6. The van der Waals surface area contributed by atoms with Gasteiger partial charge in [-0.05, 0) is 88.5 Å². The number of epoxide rings is 1. The molecule has 11 atom stereocenters. The summed E-state index contributed by atoms with van der Waals surface area (Å²) >= 11 is 0. The molecule has 6 heterocycles. The van der Waals surface area contributed by atoms with Gasteiger partial charge in [0.25, 0.3) is 0 Å². The highest BCUT2D eigenvalue weighted by atomic mass is 16.7. The number of cyclic esters (lactones) is 2. The Morgan fingerprint density at radius 1 is 0.943 bits per heavy atom. The maximum atomic E-state index is 15.1. The van der Waals surface area contributed by atoms with Crippen LogP contribution in [0.15, 0.2) is 16.7 Å². The quantitative estimate of drug-likeness (QED) is 0.270. The van der Waals surface area contributed by atoms with E-state index in [1.807, 2.05) is 19.9 Å². The van der Waals surface area contributed by atoms with Crippen LogP contribution in [0.5, 0.6) is 0 Å². The number of hydrogen-bond acceptors (Lipinski definition) is 11. The van der Waals surface area contributed by atoms with Crippen molar-refractivity contribution in [2.75, 3.05) is 19.8 Å². The fourth-order valence-corrected chi connectivity index (χ4v) is 14.9. The average Bonchev–Trinajstić information content (AvgIpc) is 3.43. The van der Waals surface area contributed by atoms with Gasteiger partial charge in [0.2, 0.25) is 0 Å². The summed E-state index contributed by atoms with van der Waals surface area (Å²) < 4.78 is 32.3. The van der Waals surface area contributed by atoms with Crippen molar-refractivity contribution in [3.05, 3.63) is 23.7 Å². The number of hydrogen-bond donors (Lipinski definition) is 3. The second-order valence-electron chi connectivity index (χ2n) is 19.3. The third kappa shape index (κ3) is 4.54. The molecule has 290 valence electrons. The topological polar surface area (TPSA) is 149 Å². The number of carbonyl (C=O) groups is 3. The van der Waals surface area contributed by atoms with E-state index in [2.05, 4.69) is 17.6 Å². The molecule has 1 aromatic rings. The highest BCUT2D eigenvalue weighted by molar-refractivity contribution is 5.92. The molecular weight excluding hydrogens is 676 g/mol. The third-order valence-corrected chi connectivity index (χ3v) is 16.9. The van der Waals surface area contributed by atoms with Gasteiger partial charge >= 0.3 is 11.9 Å². The molecule has 5 aliphatic heterocycles. The number of esters is 2. The Labute approximate surface area is 312 Å². The molecule has 11 unspecified atom stereocenters. The third-order valence-electron chi connectivity index (χ3n) is 16.9.